The zero-order chi connectivity index (χ0) is 25.2. The van der Waals surface area contributed by atoms with Crippen LogP contribution in [0.15, 0.2) is 45.6 Å². The van der Waals surface area contributed by atoms with E-state index >= 15 is 0 Å². The SMILES string of the molecule is CN(C)C(=O)Cn1c(=O)/c(=C/c2ccc(-c3ccc([N+](=O)[O-])cc3)o2)s/c1=C\C(=O)C(C)(C)C. The molecule has 0 spiro atoms. The van der Waals surface area contributed by atoms with Crippen molar-refractivity contribution >= 4 is 40.9 Å². The molecule has 0 unspecified atom stereocenters. The number of thiazole rings is 1. The first-order valence-electron chi connectivity index (χ1n) is 10.4. The van der Waals surface area contributed by atoms with Crippen molar-refractivity contribution in [3.05, 3.63) is 71.8 Å². The van der Waals surface area contributed by atoms with Gasteiger partial charge in [0.25, 0.3) is 11.2 Å². The number of carbonyl (C=O) groups is 2. The molecule has 0 aliphatic rings. The second-order valence-electron chi connectivity index (χ2n) is 8.89. The summed E-state index contributed by atoms with van der Waals surface area (Å²) in [6, 6.07) is 9.30. The molecular weight excluding hydrogens is 458 g/mol. The summed E-state index contributed by atoms with van der Waals surface area (Å²) in [6.45, 7) is 5.15. The Hall–Kier alpha value is -3.79. The number of nitrogens with zero attached hydrogens (tertiary/aromatic N) is 3. The van der Waals surface area contributed by atoms with Gasteiger partial charge in [-0.1, -0.05) is 20.8 Å². The van der Waals surface area contributed by atoms with Crippen molar-refractivity contribution in [1.82, 2.24) is 9.47 Å². The molecule has 34 heavy (non-hydrogen) atoms. The molecule has 1 amide bonds. The minimum Gasteiger partial charge on any atom is -0.457 e. The monoisotopic (exact) mass is 483 g/mol. The maximum absolute atomic E-state index is 13.1. The molecule has 10 heteroatoms. The number of ketones is 1. The highest BCUT2D eigenvalue weighted by molar-refractivity contribution is 7.07. The first-order chi connectivity index (χ1) is 15.9. The van der Waals surface area contributed by atoms with E-state index in [0.717, 1.165) is 11.3 Å². The number of aromatic nitrogens is 1. The number of hydrogen-bond acceptors (Lipinski definition) is 7. The largest absolute Gasteiger partial charge is 0.457 e. The van der Waals surface area contributed by atoms with Gasteiger partial charge in [-0.25, -0.2) is 0 Å². The van der Waals surface area contributed by atoms with E-state index in [1.165, 1.54) is 27.7 Å². The Morgan fingerprint density at radius 3 is 2.35 bits per heavy atom. The lowest BCUT2D eigenvalue weighted by molar-refractivity contribution is -0.384. The van der Waals surface area contributed by atoms with E-state index < -0.39 is 15.9 Å². The molecular formula is C24H25N3O6S. The number of carbonyl (C=O) groups excluding carboxylic acids is 2. The van der Waals surface area contributed by atoms with Gasteiger partial charge in [0.05, 0.1) is 9.46 Å². The van der Waals surface area contributed by atoms with Crippen LogP contribution in [0.4, 0.5) is 5.69 Å². The molecule has 3 aromatic rings. The fourth-order valence-corrected chi connectivity index (χ4v) is 3.88. The van der Waals surface area contributed by atoms with Crippen LogP contribution in [0.2, 0.25) is 0 Å². The molecule has 0 radical (unpaired) electrons. The van der Waals surface area contributed by atoms with Crippen molar-refractivity contribution in [3.63, 3.8) is 0 Å². The third-order valence-electron chi connectivity index (χ3n) is 4.99. The van der Waals surface area contributed by atoms with Crippen LogP contribution in [-0.2, 0) is 16.1 Å². The summed E-state index contributed by atoms with van der Waals surface area (Å²) < 4.78 is 7.80. The summed E-state index contributed by atoms with van der Waals surface area (Å²) in [5, 5.41) is 10.8. The standard InChI is InChI=1S/C24H25N3O6S/c1-24(2,3)20(28)13-22-26(14-21(29)25(4)5)23(30)19(34-22)12-17-10-11-18(33-17)15-6-8-16(9-7-15)27(31)32/h6-13H,14H2,1-5H3/b19-12-,22-13-. The lowest BCUT2D eigenvalue weighted by Crippen LogP contribution is -2.38. The van der Waals surface area contributed by atoms with E-state index in [2.05, 4.69) is 0 Å². The van der Waals surface area contributed by atoms with Gasteiger partial charge >= 0.3 is 0 Å². The van der Waals surface area contributed by atoms with Gasteiger partial charge in [0.2, 0.25) is 5.91 Å². The molecule has 2 heterocycles. The molecule has 3 rings (SSSR count). The fourth-order valence-electron chi connectivity index (χ4n) is 2.86. The first-order valence-corrected chi connectivity index (χ1v) is 11.2. The van der Waals surface area contributed by atoms with Crippen LogP contribution >= 0.6 is 11.3 Å². The van der Waals surface area contributed by atoms with Crippen LogP contribution < -0.4 is 14.8 Å². The molecule has 0 aliphatic heterocycles. The number of hydrogen-bond donors (Lipinski definition) is 0. The minimum absolute atomic E-state index is 0.0258. The van der Waals surface area contributed by atoms with Gasteiger partial charge in [0, 0.05) is 49.4 Å². The Labute approximate surface area is 199 Å². The number of benzene rings is 1. The number of furan rings is 1. The van der Waals surface area contributed by atoms with Gasteiger partial charge in [-0.3, -0.25) is 29.1 Å². The zero-order valence-corrected chi connectivity index (χ0v) is 20.3. The Morgan fingerprint density at radius 1 is 1.15 bits per heavy atom. The molecule has 178 valence electrons. The second-order valence-corrected chi connectivity index (χ2v) is 9.96. The second kappa shape index (κ2) is 9.60. The predicted molar refractivity (Wildman–Crippen MR) is 130 cm³/mol. The fraction of sp³-hybridized carbons (Fsp3) is 0.292. The Balaban J connectivity index is 2.06. The predicted octanol–water partition coefficient (Wildman–Crippen LogP) is 2.39. The average molecular weight is 484 g/mol. The quantitative estimate of drug-likeness (QED) is 0.393. The normalized spacial score (nSPS) is 12.7. The zero-order valence-electron chi connectivity index (χ0n) is 19.5. The van der Waals surface area contributed by atoms with Crippen molar-refractivity contribution in [2.24, 2.45) is 5.41 Å². The summed E-state index contributed by atoms with van der Waals surface area (Å²) in [7, 11) is 3.19. The molecule has 0 fully saturated rings. The Kier molecular flexibility index (Phi) is 7.01. The van der Waals surface area contributed by atoms with Crippen LogP contribution in [0, 0.1) is 15.5 Å². The van der Waals surface area contributed by atoms with Crippen molar-refractivity contribution in [2.75, 3.05) is 14.1 Å². The summed E-state index contributed by atoms with van der Waals surface area (Å²) in [4.78, 5) is 49.7. The van der Waals surface area contributed by atoms with Crippen LogP contribution in [0.1, 0.15) is 26.5 Å². The van der Waals surface area contributed by atoms with Crippen LogP contribution in [0.5, 0.6) is 0 Å². The van der Waals surface area contributed by atoms with Crippen LogP contribution in [0.25, 0.3) is 23.5 Å². The van der Waals surface area contributed by atoms with E-state index in [1.807, 2.05) is 0 Å². The molecule has 0 saturated carbocycles. The molecule has 0 bridgehead atoms. The third-order valence-corrected chi connectivity index (χ3v) is 6.04. The molecule has 0 atom stereocenters. The lowest BCUT2D eigenvalue weighted by Gasteiger charge is -2.13. The van der Waals surface area contributed by atoms with Crippen molar-refractivity contribution < 1.29 is 18.9 Å². The van der Waals surface area contributed by atoms with Gasteiger partial charge < -0.3 is 9.32 Å². The minimum atomic E-state index is -0.638. The van der Waals surface area contributed by atoms with Crippen molar-refractivity contribution in [3.8, 4) is 11.3 Å². The summed E-state index contributed by atoms with van der Waals surface area (Å²) in [5.41, 5.74) is -0.417. The number of Topliss-reactive ketones (excluding diaryl/α,β-unsaturated/α-hetero) is 1. The smallest absolute Gasteiger partial charge is 0.269 e. The number of nitro benzene ring substituents is 1. The summed E-state index contributed by atoms with van der Waals surface area (Å²) in [5.74, 6) is 0.439. The van der Waals surface area contributed by atoms with E-state index in [0.29, 0.717) is 26.3 Å². The summed E-state index contributed by atoms with van der Waals surface area (Å²) in [6.07, 6.45) is 2.95. The van der Waals surface area contributed by atoms with Crippen LogP contribution in [-0.4, -0.2) is 40.2 Å². The topological polar surface area (TPSA) is 116 Å². The highest BCUT2D eigenvalue weighted by Gasteiger charge is 2.20. The number of rotatable bonds is 6. The average Bonchev–Trinajstić information content (AvgIpc) is 3.33. The van der Waals surface area contributed by atoms with Gasteiger partial charge in [0.1, 0.15) is 22.7 Å². The molecule has 0 aliphatic carbocycles. The Morgan fingerprint density at radius 2 is 1.79 bits per heavy atom. The molecule has 2 aromatic heterocycles. The molecule has 1 aromatic carbocycles. The molecule has 0 N–H and O–H groups in total. The lowest BCUT2D eigenvalue weighted by atomic mass is 9.91. The summed E-state index contributed by atoms with van der Waals surface area (Å²) >= 11 is 1.10. The third kappa shape index (κ3) is 5.57. The number of amides is 1. The number of likely N-dealkylation sites (N-methyl/N-ethyl adjacent to an activating group) is 1. The number of nitro groups is 1. The van der Waals surface area contributed by atoms with Crippen molar-refractivity contribution in [2.45, 2.75) is 27.3 Å². The molecule has 0 saturated heterocycles. The highest BCUT2D eigenvalue weighted by atomic mass is 32.1. The Bertz CT molecular complexity index is 1420. The maximum atomic E-state index is 13.1. The van der Waals surface area contributed by atoms with Gasteiger partial charge in [-0.2, -0.15) is 0 Å². The highest BCUT2D eigenvalue weighted by Crippen LogP contribution is 2.24. The van der Waals surface area contributed by atoms with E-state index in [9.17, 15) is 24.5 Å². The van der Waals surface area contributed by atoms with Crippen LogP contribution in [0.3, 0.4) is 0 Å². The first kappa shape index (κ1) is 24.8. The molecule has 9 nitrogen and oxygen atoms in total. The van der Waals surface area contributed by atoms with Gasteiger partial charge in [-0.05, 0) is 24.3 Å². The maximum Gasteiger partial charge on any atom is 0.269 e. The van der Waals surface area contributed by atoms with Crippen molar-refractivity contribution in [1.29, 1.82) is 0 Å². The van der Waals surface area contributed by atoms with E-state index in [1.54, 1.807) is 65.2 Å². The van der Waals surface area contributed by atoms with Gasteiger partial charge in [0.15, 0.2) is 5.78 Å². The number of non-ortho nitro benzene ring substituents is 1. The van der Waals surface area contributed by atoms with Gasteiger partial charge in [-0.15, -0.1) is 11.3 Å². The van der Waals surface area contributed by atoms with E-state index in [4.69, 9.17) is 4.42 Å². The van der Waals surface area contributed by atoms with E-state index in [-0.39, 0.29) is 23.9 Å².